The van der Waals surface area contributed by atoms with Crippen molar-refractivity contribution in [1.82, 2.24) is 15.1 Å². The lowest BCUT2D eigenvalue weighted by molar-refractivity contribution is 0.299. The third kappa shape index (κ3) is 1.69. The van der Waals surface area contributed by atoms with E-state index >= 15 is 0 Å². The molecule has 0 radical (unpaired) electrons. The van der Waals surface area contributed by atoms with Gasteiger partial charge in [0.1, 0.15) is 12.0 Å². The first-order valence-electron chi connectivity index (χ1n) is 5.71. The van der Waals surface area contributed by atoms with Crippen molar-refractivity contribution in [2.24, 2.45) is 0 Å². The summed E-state index contributed by atoms with van der Waals surface area (Å²) in [5, 5.41) is 8.82. The van der Waals surface area contributed by atoms with Crippen molar-refractivity contribution >= 4 is 10.9 Å². The van der Waals surface area contributed by atoms with E-state index in [9.17, 15) is 4.39 Å². The summed E-state index contributed by atoms with van der Waals surface area (Å²) >= 11 is 0. The standard InChI is InChI=1S/C12H14FN3/c13-10-5-4-9-8-16(15-11(9)7-10)12-3-1-2-6-14-12/h4-5,7-8,12,14H,1-3,6H2. The number of nitrogens with zero attached hydrogens (tertiary/aromatic N) is 2. The van der Waals surface area contributed by atoms with Crippen LogP contribution in [0.4, 0.5) is 4.39 Å². The Balaban J connectivity index is 1.97. The monoisotopic (exact) mass is 219 g/mol. The molecule has 3 rings (SSSR count). The Kier molecular flexibility index (Phi) is 2.36. The summed E-state index contributed by atoms with van der Waals surface area (Å²) in [6, 6.07) is 4.73. The van der Waals surface area contributed by atoms with Crippen molar-refractivity contribution < 1.29 is 4.39 Å². The maximum absolute atomic E-state index is 13.0. The molecule has 0 amide bonds. The third-order valence-corrected chi connectivity index (χ3v) is 3.09. The fraction of sp³-hybridized carbons (Fsp3) is 0.417. The van der Waals surface area contributed by atoms with E-state index < -0.39 is 0 Å². The first-order valence-corrected chi connectivity index (χ1v) is 5.71. The van der Waals surface area contributed by atoms with Crippen LogP contribution in [0.2, 0.25) is 0 Å². The van der Waals surface area contributed by atoms with Gasteiger partial charge in [-0.2, -0.15) is 5.10 Å². The molecule has 2 heterocycles. The quantitative estimate of drug-likeness (QED) is 0.798. The smallest absolute Gasteiger partial charge is 0.125 e. The van der Waals surface area contributed by atoms with Gasteiger partial charge in [-0.3, -0.25) is 10.00 Å². The van der Waals surface area contributed by atoms with Crippen molar-refractivity contribution in [2.45, 2.75) is 25.4 Å². The molecule has 1 saturated heterocycles. The highest BCUT2D eigenvalue weighted by Gasteiger charge is 2.15. The van der Waals surface area contributed by atoms with E-state index in [1.54, 1.807) is 6.07 Å². The van der Waals surface area contributed by atoms with Gasteiger partial charge in [0.2, 0.25) is 0 Å². The van der Waals surface area contributed by atoms with Crippen molar-refractivity contribution in [3.63, 3.8) is 0 Å². The number of halogens is 1. The normalized spacial score (nSPS) is 21.4. The molecule has 1 unspecified atom stereocenters. The number of rotatable bonds is 1. The van der Waals surface area contributed by atoms with Crippen LogP contribution in [0.15, 0.2) is 24.4 Å². The molecule has 1 atom stereocenters. The molecule has 2 aromatic rings. The minimum atomic E-state index is -0.227. The summed E-state index contributed by atoms with van der Waals surface area (Å²) in [5.74, 6) is -0.227. The van der Waals surface area contributed by atoms with Gasteiger partial charge < -0.3 is 0 Å². The van der Waals surface area contributed by atoms with Crippen LogP contribution in [0.1, 0.15) is 25.4 Å². The molecule has 0 bridgehead atoms. The van der Waals surface area contributed by atoms with Gasteiger partial charge in [0.15, 0.2) is 0 Å². The number of hydrogen-bond acceptors (Lipinski definition) is 2. The summed E-state index contributed by atoms with van der Waals surface area (Å²) in [4.78, 5) is 0. The molecular weight excluding hydrogens is 205 g/mol. The molecule has 0 spiro atoms. The Bertz CT molecular complexity index is 500. The van der Waals surface area contributed by atoms with Crippen molar-refractivity contribution in [3.8, 4) is 0 Å². The molecule has 84 valence electrons. The fourth-order valence-corrected chi connectivity index (χ4v) is 2.23. The predicted molar refractivity (Wildman–Crippen MR) is 60.6 cm³/mol. The lowest BCUT2D eigenvalue weighted by Crippen LogP contribution is -2.31. The first-order chi connectivity index (χ1) is 7.83. The first kappa shape index (κ1) is 9.78. The van der Waals surface area contributed by atoms with Gasteiger partial charge in [-0.1, -0.05) is 0 Å². The molecule has 1 aliphatic rings. The Morgan fingerprint density at radius 1 is 1.38 bits per heavy atom. The van der Waals surface area contributed by atoms with Gasteiger partial charge >= 0.3 is 0 Å². The molecule has 4 heteroatoms. The summed E-state index contributed by atoms with van der Waals surface area (Å²) in [6.45, 7) is 1.04. The summed E-state index contributed by atoms with van der Waals surface area (Å²) in [7, 11) is 0. The van der Waals surface area contributed by atoms with Crippen molar-refractivity contribution in [2.75, 3.05) is 6.54 Å². The van der Waals surface area contributed by atoms with Crippen LogP contribution in [0.3, 0.4) is 0 Å². The van der Waals surface area contributed by atoms with Gasteiger partial charge in [0, 0.05) is 17.6 Å². The second kappa shape index (κ2) is 3.87. The minimum absolute atomic E-state index is 0.227. The highest BCUT2D eigenvalue weighted by atomic mass is 19.1. The highest BCUT2D eigenvalue weighted by Crippen LogP contribution is 2.20. The number of hydrogen-bond donors (Lipinski definition) is 1. The van der Waals surface area contributed by atoms with E-state index in [2.05, 4.69) is 10.4 Å². The number of benzene rings is 1. The second-order valence-electron chi connectivity index (χ2n) is 4.28. The molecule has 1 fully saturated rings. The van der Waals surface area contributed by atoms with Gasteiger partial charge in [-0.15, -0.1) is 0 Å². The van der Waals surface area contributed by atoms with Crippen molar-refractivity contribution in [3.05, 3.63) is 30.2 Å². The van der Waals surface area contributed by atoms with Crippen LogP contribution in [-0.4, -0.2) is 16.3 Å². The predicted octanol–water partition coefficient (Wildman–Crippen LogP) is 2.45. The van der Waals surface area contributed by atoms with E-state index in [4.69, 9.17) is 0 Å². The molecule has 1 aromatic heterocycles. The average molecular weight is 219 g/mol. The van der Waals surface area contributed by atoms with Crippen LogP contribution in [0.5, 0.6) is 0 Å². The number of piperidine rings is 1. The lowest BCUT2D eigenvalue weighted by atomic mass is 10.1. The molecule has 1 aromatic carbocycles. The van der Waals surface area contributed by atoms with E-state index in [0.29, 0.717) is 0 Å². The summed E-state index contributed by atoms with van der Waals surface area (Å²) < 4.78 is 14.9. The zero-order valence-corrected chi connectivity index (χ0v) is 8.99. The third-order valence-electron chi connectivity index (χ3n) is 3.09. The molecule has 0 saturated carbocycles. The van der Waals surface area contributed by atoms with Crippen LogP contribution in [0, 0.1) is 5.82 Å². The number of fused-ring (bicyclic) bond motifs is 1. The Hall–Kier alpha value is -1.42. The summed E-state index contributed by atoms with van der Waals surface area (Å²) in [5.41, 5.74) is 0.729. The zero-order valence-electron chi connectivity index (χ0n) is 8.99. The van der Waals surface area contributed by atoms with Gasteiger partial charge in [-0.25, -0.2) is 4.39 Å². The highest BCUT2D eigenvalue weighted by molar-refractivity contribution is 5.77. The van der Waals surface area contributed by atoms with E-state index in [1.807, 2.05) is 10.9 Å². The molecule has 1 N–H and O–H groups in total. The van der Waals surface area contributed by atoms with E-state index in [1.165, 1.54) is 25.0 Å². The lowest BCUT2D eigenvalue weighted by Gasteiger charge is -2.23. The number of aromatic nitrogens is 2. The minimum Gasteiger partial charge on any atom is -0.296 e. The van der Waals surface area contributed by atoms with Crippen LogP contribution >= 0.6 is 0 Å². The molecule has 3 nitrogen and oxygen atoms in total. The molecule has 0 aliphatic carbocycles. The Morgan fingerprint density at radius 2 is 2.31 bits per heavy atom. The van der Waals surface area contributed by atoms with E-state index in [-0.39, 0.29) is 12.0 Å². The van der Waals surface area contributed by atoms with Crippen molar-refractivity contribution in [1.29, 1.82) is 0 Å². The van der Waals surface area contributed by atoms with Crippen LogP contribution < -0.4 is 5.32 Å². The zero-order chi connectivity index (χ0) is 11.0. The molecule has 1 aliphatic heterocycles. The Labute approximate surface area is 93.3 Å². The fourth-order valence-electron chi connectivity index (χ4n) is 2.23. The Morgan fingerprint density at radius 3 is 3.12 bits per heavy atom. The summed E-state index contributed by atoms with van der Waals surface area (Å²) in [6.07, 6.45) is 5.80. The SMILES string of the molecule is Fc1ccc2cn(C3CCCCN3)nc2c1. The van der Waals surface area contributed by atoms with Crippen LogP contribution in [0.25, 0.3) is 10.9 Å². The topological polar surface area (TPSA) is 29.9 Å². The average Bonchev–Trinajstić information content (AvgIpc) is 2.73. The van der Waals surface area contributed by atoms with Gasteiger partial charge in [0.25, 0.3) is 0 Å². The molecular formula is C12H14FN3. The second-order valence-corrected chi connectivity index (χ2v) is 4.28. The van der Waals surface area contributed by atoms with Gasteiger partial charge in [-0.05, 0) is 37.9 Å². The number of nitrogens with one attached hydrogen (secondary N) is 1. The van der Waals surface area contributed by atoms with E-state index in [0.717, 1.165) is 23.9 Å². The molecule has 16 heavy (non-hydrogen) atoms. The van der Waals surface area contributed by atoms with Crippen LogP contribution in [-0.2, 0) is 0 Å². The largest absolute Gasteiger partial charge is 0.296 e. The maximum Gasteiger partial charge on any atom is 0.125 e. The maximum atomic E-state index is 13.0. The van der Waals surface area contributed by atoms with Gasteiger partial charge in [0.05, 0.1) is 5.52 Å².